The van der Waals surface area contributed by atoms with Crippen molar-refractivity contribution in [2.24, 2.45) is 0 Å². The normalized spacial score (nSPS) is 19.8. The Kier molecular flexibility index (Phi) is 1.89. The summed E-state index contributed by atoms with van der Waals surface area (Å²) in [6.07, 6.45) is 11.2. The summed E-state index contributed by atoms with van der Waals surface area (Å²) in [5.74, 6) is -0.831. The van der Waals surface area contributed by atoms with Crippen LogP contribution in [0.25, 0.3) is 0 Å². The van der Waals surface area contributed by atoms with E-state index in [9.17, 15) is 4.79 Å². The van der Waals surface area contributed by atoms with Crippen LogP contribution in [0.1, 0.15) is 12.8 Å². The Balaban J connectivity index is 2.53. The molecule has 2 rings (SSSR count). The molecule has 2 nitrogen and oxygen atoms in total. The second kappa shape index (κ2) is 3.05. The van der Waals surface area contributed by atoms with E-state index in [1.54, 1.807) is 12.2 Å². The SMILES string of the molecule is O=C(O)C1=C2CCC=C2C=CC=C1. The maximum atomic E-state index is 10.9. The van der Waals surface area contributed by atoms with E-state index in [-0.39, 0.29) is 0 Å². The molecular formula is C11H10O2. The predicted octanol–water partition coefficient (Wildman–Crippen LogP) is 2.21. The highest BCUT2D eigenvalue weighted by atomic mass is 16.4. The van der Waals surface area contributed by atoms with Crippen molar-refractivity contribution in [1.82, 2.24) is 0 Å². The molecule has 0 spiro atoms. The fourth-order valence-electron chi connectivity index (χ4n) is 1.71. The number of hydrogen-bond acceptors (Lipinski definition) is 1. The summed E-state index contributed by atoms with van der Waals surface area (Å²) in [4.78, 5) is 10.9. The molecule has 0 aromatic heterocycles. The molecule has 0 bridgehead atoms. The van der Waals surface area contributed by atoms with Gasteiger partial charge in [0.2, 0.25) is 0 Å². The minimum absolute atomic E-state index is 0.439. The topological polar surface area (TPSA) is 37.3 Å². The second-order valence-electron chi connectivity index (χ2n) is 3.11. The molecule has 0 saturated carbocycles. The summed E-state index contributed by atoms with van der Waals surface area (Å²) in [6, 6.07) is 0. The molecule has 0 saturated heterocycles. The first kappa shape index (κ1) is 8.05. The fourth-order valence-corrected chi connectivity index (χ4v) is 1.71. The highest BCUT2D eigenvalue weighted by molar-refractivity contribution is 5.92. The summed E-state index contributed by atoms with van der Waals surface area (Å²) in [6.45, 7) is 0. The maximum absolute atomic E-state index is 10.9. The first-order valence-electron chi connectivity index (χ1n) is 4.31. The lowest BCUT2D eigenvalue weighted by Crippen LogP contribution is -2.01. The van der Waals surface area contributed by atoms with Crippen molar-refractivity contribution in [2.45, 2.75) is 12.8 Å². The van der Waals surface area contributed by atoms with Crippen LogP contribution in [0.3, 0.4) is 0 Å². The molecule has 0 aliphatic heterocycles. The van der Waals surface area contributed by atoms with Gasteiger partial charge in [-0.25, -0.2) is 4.79 Å². The van der Waals surface area contributed by atoms with E-state index < -0.39 is 5.97 Å². The Morgan fingerprint density at radius 3 is 2.85 bits per heavy atom. The summed E-state index contributed by atoms with van der Waals surface area (Å²) >= 11 is 0. The highest BCUT2D eigenvalue weighted by Crippen LogP contribution is 2.30. The highest BCUT2D eigenvalue weighted by Gasteiger charge is 2.18. The Bertz CT molecular complexity index is 368. The van der Waals surface area contributed by atoms with Crippen LogP contribution in [-0.4, -0.2) is 11.1 Å². The third kappa shape index (κ3) is 1.35. The third-order valence-corrected chi connectivity index (χ3v) is 2.31. The zero-order valence-corrected chi connectivity index (χ0v) is 7.16. The molecule has 1 N–H and O–H groups in total. The van der Waals surface area contributed by atoms with Gasteiger partial charge in [-0.15, -0.1) is 0 Å². The fraction of sp³-hybridized carbons (Fsp3) is 0.182. The number of carbonyl (C=O) groups is 1. The Labute approximate surface area is 76.6 Å². The molecule has 2 heteroatoms. The summed E-state index contributed by atoms with van der Waals surface area (Å²) in [5.41, 5.74) is 2.48. The van der Waals surface area contributed by atoms with E-state index in [4.69, 9.17) is 5.11 Å². The van der Waals surface area contributed by atoms with E-state index in [0.29, 0.717) is 5.57 Å². The predicted molar refractivity (Wildman–Crippen MR) is 50.3 cm³/mol. The second-order valence-corrected chi connectivity index (χ2v) is 3.11. The van der Waals surface area contributed by atoms with Gasteiger partial charge in [-0.2, -0.15) is 0 Å². The van der Waals surface area contributed by atoms with Crippen molar-refractivity contribution in [3.8, 4) is 0 Å². The van der Waals surface area contributed by atoms with Gasteiger partial charge in [0.05, 0.1) is 5.57 Å². The lowest BCUT2D eigenvalue weighted by molar-refractivity contribution is -0.132. The average molecular weight is 174 g/mol. The molecule has 0 radical (unpaired) electrons. The summed E-state index contributed by atoms with van der Waals surface area (Å²) < 4.78 is 0. The largest absolute Gasteiger partial charge is 0.478 e. The van der Waals surface area contributed by atoms with Crippen molar-refractivity contribution < 1.29 is 9.90 Å². The molecule has 2 aliphatic carbocycles. The molecule has 0 unspecified atom stereocenters. The van der Waals surface area contributed by atoms with Gasteiger partial charge in [-0.05, 0) is 30.1 Å². The van der Waals surface area contributed by atoms with E-state index in [1.165, 1.54) is 0 Å². The van der Waals surface area contributed by atoms with Crippen LogP contribution in [0.15, 0.2) is 47.1 Å². The van der Waals surface area contributed by atoms with Crippen molar-refractivity contribution in [3.63, 3.8) is 0 Å². The zero-order chi connectivity index (χ0) is 9.26. The van der Waals surface area contributed by atoms with Gasteiger partial charge in [-0.1, -0.05) is 24.3 Å². The molecule has 66 valence electrons. The zero-order valence-electron chi connectivity index (χ0n) is 7.16. The standard InChI is InChI=1S/C11H10O2/c12-11(13)10-6-2-1-4-8-5-3-7-9(8)10/h1-2,4-6H,3,7H2,(H,12,13). The van der Waals surface area contributed by atoms with E-state index >= 15 is 0 Å². The average Bonchev–Trinajstić information content (AvgIpc) is 2.44. The lowest BCUT2D eigenvalue weighted by Gasteiger charge is -2.02. The summed E-state index contributed by atoms with van der Waals surface area (Å²) in [5, 5.41) is 8.95. The molecule has 2 aliphatic rings. The molecule has 0 aromatic carbocycles. The van der Waals surface area contributed by atoms with Crippen LogP contribution in [0.5, 0.6) is 0 Å². The van der Waals surface area contributed by atoms with Crippen LogP contribution < -0.4 is 0 Å². The van der Waals surface area contributed by atoms with Crippen LogP contribution in [0.4, 0.5) is 0 Å². The quantitative estimate of drug-likeness (QED) is 0.661. The molecule has 0 fully saturated rings. The third-order valence-electron chi connectivity index (χ3n) is 2.31. The first-order valence-corrected chi connectivity index (χ1v) is 4.31. The molecule has 0 atom stereocenters. The number of carboxylic acids is 1. The Morgan fingerprint density at radius 2 is 2.08 bits per heavy atom. The molecule has 0 aromatic rings. The first-order chi connectivity index (χ1) is 6.29. The minimum Gasteiger partial charge on any atom is -0.478 e. The maximum Gasteiger partial charge on any atom is 0.335 e. The number of aliphatic carboxylic acids is 1. The number of allylic oxidation sites excluding steroid dienone is 6. The van der Waals surface area contributed by atoms with Gasteiger partial charge >= 0.3 is 5.97 Å². The van der Waals surface area contributed by atoms with Gasteiger partial charge in [0, 0.05) is 0 Å². The van der Waals surface area contributed by atoms with E-state index in [1.807, 2.05) is 12.2 Å². The number of hydrogen-bond donors (Lipinski definition) is 1. The lowest BCUT2D eigenvalue weighted by atomic mass is 10.0. The number of carboxylic acid groups (broad SMARTS) is 1. The van der Waals surface area contributed by atoms with Gasteiger partial charge in [0.15, 0.2) is 0 Å². The Hall–Kier alpha value is -1.57. The number of fused-ring (bicyclic) bond motifs is 1. The molecular weight excluding hydrogens is 164 g/mol. The van der Waals surface area contributed by atoms with Crippen molar-refractivity contribution in [2.75, 3.05) is 0 Å². The smallest absolute Gasteiger partial charge is 0.335 e. The van der Waals surface area contributed by atoms with Crippen LogP contribution in [-0.2, 0) is 4.79 Å². The Morgan fingerprint density at radius 1 is 1.31 bits per heavy atom. The number of rotatable bonds is 1. The van der Waals surface area contributed by atoms with Gasteiger partial charge < -0.3 is 5.11 Å². The van der Waals surface area contributed by atoms with Crippen molar-refractivity contribution in [3.05, 3.63) is 47.1 Å². The van der Waals surface area contributed by atoms with Crippen LogP contribution in [0, 0.1) is 0 Å². The van der Waals surface area contributed by atoms with Crippen LogP contribution in [0.2, 0.25) is 0 Å². The van der Waals surface area contributed by atoms with Crippen molar-refractivity contribution in [1.29, 1.82) is 0 Å². The van der Waals surface area contributed by atoms with E-state index in [0.717, 1.165) is 24.0 Å². The van der Waals surface area contributed by atoms with E-state index in [2.05, 4.69) is 6.08 Å². The minimum atomic E-state index is -0.831. The van der Waals surface area contributed by atoms with Gasteiger partial charge in [0.1, 0.15) is 0 Å². The summed E-state index contributed by atoms with van der Waals surface area (Å²) in [7, 11) is 0. The molecule has 13 heavy (non-hydrogen) atoms. The van der Waals surface area contributed by atoms with Gasteiger partial charge in [0.25, 0.3) is 0 Å². The van der Waals surface area contributed by atoms with Gasteiger partial charge in [-0.3, -0.25) is 0 Å². The van der Waals surface area contributed by atoms with Crippen molar-refractivity contribution >= 4 is 5.97 Å². The molecule has 0 heterocycles. The van der Waals surface area contributed by atoms with Crippen LogP contribution >= 0.6 is 0 Å². The monoisotopic (exact) mass is 174 g/mol. The molecule has 0 amide bonds.